The van der Waals surface area contributed by atoms with E-state index >= 15 is 0 Å². The number of nitrogens with two attached hydrogens (primary N) is 1. The maximum atomic E-state index is 11.3. The van der Waals surface area contributed by atoms with Gasteiger partial charge >= 0.3 is 0 Å². The molecule has 1 heterocycles. The summed E-state index contributed by atoms with van der Waals surface area (Å²) in [5.41, 5.74) is 8.06. The highest BCUT2D eigenvalue weighted by Crippen LogP contribution is 2.40. The summed E-state index contributed by atoms with van der Waals surface area (Å²) in [5, 5.41) is 3.27. The Morgan fingerprint density at radius 3 is 2.14 bits per heavy atom. The van der Waals surface area contributed by atoms with Crippen molar-refractivity contribution in [3.63, 3.8) is 0 Å². The maximum Gasteiger partial charge on any atom is 0.248 e. The van der Waals surface area contributed by atoms with Gasteiger partial charge in [-0.15, -0.1) is 0 Å². The summed E-state index contributed by atoms with van der Waals surface area (Å²) in [6.07, 6.45) is 1.73. The van der Waals surface area contributed by atoms with Crippen LogP contribution in [0.2, 0.25) is 0 Å². The number of ether oxygens (including phenoxy) is 3. The second kappa shape index (κ2) is 8.47. The molecule has 0 fully saturated rings. The number of carbonyl (C=O) groups excluding carboxylic acids is 1. The molecule has 1 aromatic heterocycles. The van der Waals surface area contributed by atoms with E-state index in [2.05, 4.69) is 15.3 Å². The average Bonchev–Trinajstić information content (AvgIpc) is 2.74. The summed E-state index contributed by atoms with van der Waals surface area (Å²) in [6, 6.07) is 10.4. The maximum absolute atomic E-state index is 11.3. The van der Waals surface area contributed by atoms with Crippen LogP contribution in [0.3, 0.4) is 0 Å². The third kappa shape index (κ3) is 4.21. The van der Waals surface area contributed by atoms with Crippen LogP contribution in [0.25, 0.3) is 11.4 Å². The molecule has 8 nitrogen and oxygen atoms in total. The number of hydrogen-bond donors (Lipinski definition) is 2. The largest absolute Gasteiger partial charge is 0.493 e. The summed E-state index contributed by atoms with van der Waals surface area (Å²) in [5.74, 6) is 2.23. The number of nitrogens with zero attached hydrogens (tertiary/aromatic N) is 2. The molecule has 3 N–H and O–H groups in total. The fraction of sp³-hybridized carbons (Fsp3) is 0.190. The van der Waals surface area contributed by atoms with Crippen molar-refractivity contribution in [1.29, 1.82) is 0 Å². The SMILES string of the molecule is COc1cc(Nc2nc(-c3ccc(C(N)=O)cc3)ncc2C)cc(OC)c1OC. The van der Waals surface area contributed by atoms with Crippen molar-refractivity contribution in [3.05, 3.63) is 53.7 Å². The van der Waals surface area contributed by atoms with Crippen molar-refractivity contribution < 1.29 is 19.0 Å². The Balaban J connectivity index is 1.96. The number of methoxy groups -OCH3 is 3. The molecule has 2 aromatic carbocycles. The molecule has 0 aliphatic carbocycles. The molecular formula is C21H22N4O4. The molecule has 150 valence electrons. The lowest BCUT2D eigenvalue weighted by molar-refractivity contribution is 0.100. The molecule has 0 aliphatic heterocycles. The molecule has 29 heavy (non-hydrogen) atoms. The van der Waals surface area contributed by atoms with E-state index < -0.39 is 5.91 Å². The Hall–Kier alpha value is -3.81. The molecule has 0 radical (unpaired) electrons. The third-order valence-corrected chi connectivity index (χ3v) is 4.33. The first-order valence-corrected chi connectivity index (χ1v) is 8.77. The molecule has 0 bridgehead atoms. The van der Waals surface area contributed by atoms with E-state index in [4.69, 9.17) is 19.9 Å². The second-order valence-corrected chi connectivity index (χ2v) is 6.21. The zero-order valence-corrected chi connectivity index (χ0v) is 16.6. The van der Waals surface area contributed by atoms with Crippen LogP contribution in [-0.4, -0.2) is 37.2 Å². The zero-order valence-electron chi connectivity index (χ0n) is 16.6. The number of carbonyl (C=O) groups is 1. The third-order valence-electron chi connectivity index (χ3n) is 4.33. The van der Waals surface area contributed by atoms with Crippen molar-refractivity contribution >= 4 is 17.4 Å². The van der Waals surface area contributed by atoms with Crippen LogP contribution < -0.4 is 25.3 Å². The molecule has 0 unspecified atom stereocenters. The first kappa shape index (κ1) is 19.9. The smallest absolute Gasteiger partial charge is 0.248 e. The van der Waals surface area contributed by atoms with E-state index in [-0.39, 0.29) is 0 Å². The molecule has 0 saturated carbocycles. The van der Waals surface area contributed by atoms with Crippen LogP contribution in [0, 0.1) is 6.92 Å². The summed E-state index contributed by atoms with van der Waals surface area (Å²) >= 11 is 0. The summed E-state index contributed by atoms with van der Waals surface area (Å²) in [7, 11) is 4.67. The fourth-order valence-electron chi connectivity index (χ4n) is 2.78. The van der Waals surface area contributed by atoms with Gasteiger partial charge in [0.1, 0.15) is 5.82 Å². The van der Waals surface area contributed by atoms with Crippen molar-refractivity contribution in [1.82, 2.24) is 9.97 Å². The van der Waals surface area contributed by atoms with Crippen LogP contribution in [-0.2, 0) is 0 Å². The van der Waals surface area contributed by atoms with Gasteiger partial charge in [0.05, 0.1) is 21.3 Å². The van der Waals surface area contributed by atoms with Gasteiger partial charge in [0, 0.05) is 40.7 Å². The Labute approximate surface area is 168 Å². The van der Waals surface area contributed by atoms with E-state index in [0.717, 1.165) is 16.8 Å². The average molecular weight is 394 g/mol. The van der Waals surface area contributed by atoms with Crippen molar-refractivity contribution in [2.45, 2.75) is 6.92 Å². The topological polar surface area (TPSA) is 109 Å². The molecular weight excluding hydrogens is 372 g/mol. The Kier molecular flexibility index (Phi) is 5.82. The lowest BCUT2D eigenvalue weighted by atomic mass is 10.1. The van der Waals surface area contributed by atoms with Crippen molar-refractivity contribution in [2.75, 3.05) is 26.6 Å². The summed E-state index contributed by atoms with van der Waals surface area (Å²) in [4.78, 5) is 20.3. The van der Waals surface area contributed by atoms with Gasteiger partial charge in [-0.3, -0.25) is 4.79 Å². The first-order chi connectivity index (χ1) is 14.0. The number of benzene rings is 2. The normalized spacial score (nSPS) is 10.3. The standard InChI is InChI=1S/C21H22N4O4/c1-12-11-23-21(14-7-5-13(6-8-14)19(22)26)25-20(12)24-15-9-16(27-2)18(29-4)17(10-15)28-3/h5-11H,1-4H3,(H2,22,26)(H,23,24,25). The van der Waals surface area contributed by atoms with Gasteiger partial charge < -0.3 is 25.3 Å². The first-order valence-electron chi connectivity index (χ1n) is 8.77. The highest BCUT2D eigenvalue weighted by atomic mass is 16.5. The quantitative estimate of drug-likeness (QED) is 0.633. The van der Waals surface area contributed by atoms with Crippen LogP contribution in [0.15, 0.2) is 42.6 Å². The number of amides is 1. The van der Waals surface area contributed by atoms with Crippen LogP contribution in [0.1, 0.15) is 15.9 Å². The Bertz CT molecular complexity index is 1010. The van der Waals surface area contributed by atoms with Gasteiger partial charge in [0.25, 0.3) is 0 Å². The Morgan fingerprint density at radius 1 is 1.00 bits per heavy atom. The van der Waals surface area contributed by atoms with Crippen molar-refractivity contribution in [2.24, 2.45) is 5.73 Å². The number of aryl methyl sites for hydroxylation is 1. The number of rotatable bonds is 7. The lowest BCUT2D eigenvalue weighted by Crippen LogP contribution is -2.10. The number of aromatic nitrogens is 2. The van der Waals surface area contributed by atoms with Crippen molar-refractivity contribution in [3.8, 4) is 28.6 Å². The van der Waals surface area contributed by atoms with Crippen LogP contribution >= 0.6 is 0 Å². The summed E-state index contributed by atoms with van der Waals surface area (Å²) < 4.78 is 16.1. The van der Waals surface area contributed by atoms with Crippen LogP contribution in [0.4, 0.5) is 11.5 Å². The second-order valence-electron chi connectivity index (χ2n) is 6.21. The van der Waals surface area contributed by atoms with E-state index in [9.17, 15) is 4.79 Å². The Morgan fingerprint density at radius 2 is 1.62 bits per heavy atom. The minimum absolute atomic E-state index is 0.427. The van der Waals surface area contributed by atoms with Gasteiger partial charge in [-0.25, -0.2) is 9.97 Å². The van der Waals surface area contributed by atoms with E-state index in [1.54, 1.807) is 63.9 Å². The lowest BCUT2D eigenvalue weighted by Gasteiger charge is -2.16. The minimum Gasteiger partial charge on any atom is -0.493 e. The van der Waals surface area contributed by atoms with E-state index in [1.807, 2.05) is 6.92 Å². The number of nitrogens with one attached hydrogen (secondary N) is 1. The van der Waals surface area contributed by atoms with E-state index in [1.165, 1.54) is 0 Å². The molecule has 0 atom stereocenters. The zero-order chi connectivity index (χ0) is 21.0. The highest BCUT2D eigenvalue weighted by molar-refractivity contribution is 5.93. The number of primary amides is 1. The predicted molar refractivity (Wildman–Crippen MR) is 110 cm³/mol. The molecule has 0 spiro atoms. The minimum atomic E-state index is -0.480. The number of anilines is 2. The molecule has 3 rings (SSSR count). The molecule has 0 saturated heterocycles. The monoisotopic (exact) mass is 394 g/mol. The molecule has 8 heteroatoms. The van der Waals surface area contributed by atoms with Gasteiger partial charge in [-0.2, -0.15) is 0 Å². The highest BCUT2D eigenvalue weighted by Gasteiger charge is 2.15. The molecule has 1 amide bonds. The molecule has 0 aliphatic rings. The number of hydrogen-bond acceptors (Lipinski definition) is 7. The van der Waals surface area contributed by atoms with Gasteiger partial charge in [-0.05, 0) is 19.1 Å². The van der Waals surface area contributed by atoms with Gasteiger partial charge in [-0.1, -0.05) is 12.1 Å². The van der Waals surface area contributed by atoms with E-state index in [0.29, 0.717) is 34.5 Å². The van der Waals surface area contributed by atoms with Gasteiger partial charge in [0.2, 0.25) is 11.7 Å². The predicted octanol–water partition coefficient (Wildman–Crippen LogP) is 3.32. The van der Waals surface area contributed by atoms with Gasteiger partial charge in [0.15, 0.2) is 17.3 Å². The summed E-state index contributed by atoms with van der Waals surface area (Å²) in [6.45, 7) is 1.90. The fourth-order valence-corrected chi connectivity index (χ4v) is 2.78. The van der Waals surface area contributed by atoms with Crippen LogP contribution in [0.5, 0.6) is 17.2 Å². The molecule has 3 aromatic rings.